The lowest BCUT2D eigenvalue weighted by atomic mass is 10.1. The minimum absolute atomic E-state index is 0.00596. The molecule has 1 amide bonds. The molecule has 5 nitrogen and oxygen atoms in total. The van der Waals surface area contributed by atoms with Gasteiger partial charge in [0.1, 0.15) is 5.82 Å². The van der Waals surface area contributed by atoms with Crippen LogP contribution in [0, 0.1) is 5.82 Å². The molecule has 0 aliphatic carbocycles. The van der Waals surface area contributed by atoms with Crippen molar-refractivity contribution in [2.24, 2.45) is 0 Å². The molecule has 2 aromatic carbocycles. The Kier molecular flexibility index (Phi) is 6.75. The normalized spacial score (nSPS) is 11.6. The molecule has 2 aromatic rings. The summed E-state index contributed by atoms with van der Waals surface area (Å²) in [6.45, 7) is 3.65. The SMILES string of the molecule is CC(C)NS(=O)(=O)c1cccc(CNC(=O)Cc2ccc(F)cc2Cl)c1. The van der Waals surface area contributed by atoms with E-state index in [-0.39, 0.29) is 34.8 Å². The summed E-state index contributed by atoms with van der Waals surface area (Å²) in [7, 11) is -3.59. The van der Waals surface area contributed by atoms with Crippen LogP contribution in [-0.2, 0) is 27.8 Å². The first-order chi connectivity index (χ1) is 12.2. The highest BCUT2D eigenvalue weighted by molar-refractivity contribution is 7.89. The average molecular weight is 399 g/mol. The van der Waals surface area contributed by atoms with Gasteiger partial charge in [-0.1, -0.05) is 29.8 Å². The van der Waals surface area contributed by atoms with E-state index in [1.807, 2.05) is 0 Å². The molecular formula is C18H20ClFN2O3S. The highest BCUT2D eigenvalue weighted by Crippen LogP contribution is 2.18. The Morgan fingerprint density at radius 1 is 1.19 bits per heavy atom. The summed E-state index contributed by atoms with van der Waals surface area (Å²) in [5, 5.41) is 2.89. The summed E-state index contributed by atoms with van der Waals surface area (Å²) in [5.41, 5.74) is 1.17. The molecule has 0 aromatic heterocycles. The predicted molar refractivity (Wildman–Crippen MR) is 98.9 cm³/mol. The van der Waals surface area contributed by atoms with Crippen LogP contribution in [-0.4, -0.2) is 20.4 Å². The molecule has 0 atom stereocenters. The molecule has 0 aliphatic heterocycles. The Labute approximate surface area is 157 Å². The van der Waals surface area contributed by atoms with Gasteiger partial charge in [-0.2, -0.15) is 0 Å². The fraction of sp³-hybridized carbons (Fsp3) is 0.278. The zero-order valence-corrected chi connectivity index (χ0v) is 16.0. The van der Waals surface area contributed by atoms with Crippen molar-refractivity contribution in [3.05, 3.63) is 64.4 Å². The summed E-state index contributed by atoms with van der Waals surface area (Å²) in [5.74, 6) is -0.765. The maximum Gasteiger partial charge on any atom is 0.240 e. The molecule has 0 unspecified atom stereocenters. The molecule has 0 radical (unpaired) electrons. The van der Waals surface area contributed by atoms with Crippen molar-refractivity contribution in [3.8, 4) is 0 Å². The summed E-state index contributed by atoms with van der Waals surface area (Å²) in [6.07, 6.45) is 0.00596. The second-order valence-electron chi connectivity index (χ2n) is 6.11. The van der Waals surface area contributed by atoms with E-state index in [1.165, 1.54) is 24.3 Å². The van der Waals surface area contributed by atoms with Gasteiger partial charge in [0.15, 0.2) is 0 Å². The Morgan fingerprint density at radius 2 is 1.92 bits per heavy atom. The first kappa shape index (κ1) is 20.4. The van der Waals surface area contributed by atoms with Gasteiger partial charge >= 0.3 is 0 Å². The van der Waals surface area contributed by atoms with Gasteiger partial charge in [0.05, 0.1) is 11.3 Å². The third kappa shape index (κ3) is 5.79. The molecule has 0 fully saturated rings. The average Bonchev–Trinajstić information content (AvgIpc) is 2.55. The van der Waals surface area contributed by atoms with Gasteiger partial charge in [-0.25, -0.2) is 17.5 Å². The number of sulfonamides is 1. The third-order valence-electron chi connectivity index (χ3n) is 3.46. The van der Waals surface area contributed by atoms with Crippen LogP contribution in [0.3, 0.4) is 0 Å². The molecule has 26 heavy (non-hydrogen) atoms. The van der Waals surface area contributed by atoms with Crippen LogP contribution in [0.15, 0.2) is 47.4 Å². The monoisotopic (exact) mass is 398 g/mol. The molecule has 2 N–H and O–H groups in total. The first-order valence-electron chi connectivity index (χ1n) is 7.99. The Balaban J connectivity index is 2.01. The molecule has 8 heteroatoms. The number of amides is 1. The van der Waals surface area contributed by atoms with E-state index in [9.17, 15) is 17.6 Å². The number of carbonyl (C=O) groups excluding carboxylic acids is 1. The van der Waals surface area contributed by atoms with E-state index < -0.39 is 15.8 Å². The minimum Gasteiger partial charge on any atom is -0.352 e. The third-order valence-corrected chi connectivity index (χ3v) is 5.46. The van der Waals surface area contributed by atoms with Crippen molar-refractivity contribution in [2.45, 2.75) is 37.8 Å². The van der Waals surface area contributed by atoms with E-state index in [1.54, 1.807) is 26.0 Å². The number of hydrogen-bond donors (Lipinski definition) is 2. The van der Waals surface area contributed by atoms with Crippen molar-refractivity contribution < 1.29 is 17.6 Å². The number of rotatable bonds is 7. The molecule has 0 saturated carbocycles. The summed E-state index contributed by atoms with van der Waals surface area (Å²) >= 11 is 5.91. The zero-order valence-electron chi connectivity index (χ0n) is 14.4. The van der Waals surface area contributed by atoms with Crippen LogP contribution >= 0.6 is 11.6 Å². The van der Waals surface area contributed by atoms with E-state index in [0.717, 1.165) is 6.07 Å². The maximum atomic E-state index is 13.0. The number of carbonyl (C=O) groups is 1. The standard InChI is InChI=1S/C18H20ClFN2O3S/c1-12(2)22-26(24,25)16-5-3-4-13(8-16)11-21-18(23)9-14-6-7-15(20)10-17(14)19/h3-8,10,12,22H,9,11H2,1-2H3,(H,21,23). The van der Waals surface area contributed by atoms with Gasteiger partial charge in [-0.05, 0) is 49.2 Å². The topological polar surface area (TPSA) is 75.3 Å². The van der Waals surface area contributed by atoms with Crippen LogP contribution < -0.4 is 10.0 Å². The minimum atomic E-state index is -3.59. The fourth-order valence-electron chi connectivity index (χ4n) is 2.30. The summed E-state index contributed by atoms with van der Waals surface area (Å²) in [6, 6.07) is 9.98. The van der Waals surface area contributed by atoms with Gasteiger partial charge in [0.2, 0.25) is 15.9 Å². The fourth-order valence-corrected chi connectivity index (χ4v) is 3.86. The Morgan fingerprint density at radius 3 is 2.58 bits per heavy atom. The lowest BCUT2D eigenvalue weighted by Crippen LogP contribution is -2.30. The Bertz CT molecular complexity index is 901. The van der Waals surface area contributed by atoms with Crippen LogP contribution in [0.2, 0.25) is 5.02 Å². The predicted octanol–water partition coefficient (Wildman–Crippen LogP) is 3.02. The number of hydrogen-bond acceptors (Lipinski definition) is 3. The van der Waals surface area contributed by atoms with Crippen LogP contribution in [0.5, 0.6) is 0 Å². The Hall–Kier alpha value is -1.96. The van der Waals surface area contributed by atoms with Gasteiger partial charge < -0.3 is 5.32 Å². The molecule has 140 valence electrons. The highest BCUT2D eigenvalue weighted by Gasteiger charge is 2.15. The number of nitrogens with one attached hydrogen (secondary N) is 2. The summed E-state index contributed by atoms with van der Waals surface area (Å²) in [4.78, 5) is 12.2. The van der Waals surface area contributed by atoms with Crippen molar-refractivity contribution in [3.63, 3.8) is 0 Å². The lowest BCUT2D eigenvalue weighted by Gasteiger charge is -2.11. The zero-order chi connectivity index (χ0) is 19.3. The van der Waals surface area contributed by atoms with Crippen molar-refractivity contribution >= 4 is 27.5 Å². The van der Waals surface area contributed by atoms with Crippen LogP contribution in [0.25, 0.3) is 0 Å². The quantitative estimate of drug-likeness (QED) is 0.752. The molecule has 0 aliphatic rings. The van der Waals surface area contributed by atoms with E-state index in [0.29, 0.717) is 11.1 Å². The lowest BCUT2D eigenvalue weighted by molar-refractivity contribution is -0.120. The molecule has 0 saturated heterocycles. The van der Waals surface area contributed by atoms with E-state index >= 15 is 0 Å². The van der Waals surface area contributed by atoms with Crippen molar-refractivity contribution in [1.82, 2.24) is 10.0 Å². The number of benzene rings is 2. The van der Waals surface area contributed by atoms with Gasteiger partial charge in [-0.3, -0.25) is 4.79 Å². The number of halogens is 2. The highest BCUT2D eigenvalue weighted by atomic mass is 35.5. The van der Waals surface area contributed by atoms with Gasteiger partial charge in [0, 0.05) is 17.6 Å². The van der Waals surface area contributed by atoms with Crippen LogP contribution in [0.4, 0.5) is 4.39 Å². The molecule has 0 bridgehead atoms. The van der Waals surface area contributed by atoms with E-state index in [4.69, 9.17) is 11.6 Å². The van der Waals surface area contributed by atoms with E-state index in [2.05, 4.69) is 10.0 Å². The van der Waals surface area contributed by atoms with Crippen molar-refractivity contribution in [2.75, 3.05) is 0 Å². The van der Waals surface area contributed by atoms with Crippen molar-refractivity contribution in [1.29, 1.82) is 0 Å². The largest absolute Gasteiger partial charge is 0.352 e. The van der Waals surface area contributed by atoms with Crippen LogP contribution in [0.1, 0.15) is 25.0 Å². The van der Waals surface area contributed by atoms with Gasteiger partial charge in [0.25, 0.3) is 0 Å². The molecule has 2 rings (SSSR count). The maximum absolute atomic E-state index is 13.0. The molecule has 0 heterocycles. The smallest absolute Gasteiger partial charge is 0.240 e. The van der Waals surface area contributed by atoms with Gasteiger partial charge in [-0.15, -0.1) is 0 Å². The first-order valence-corrected chi connectivity index (χ1v) is 9.85. The second-order valence-corrected chi connectivity index (χ2v) is 8.23. The molecular weight excluding hydrogens is 379 g/mol. The molecule has 0 spiro atoms. The summed E-state index contributed by atoms with van der Waals surface area (Å²) < 4.78 is 39.9. The second kappa shape index (κ2) is 8.62.